The van der Waals surface area contributed by atoms with Crippen LogP contribution in [0.1, 0.15) is 53.9 Å². The lowest BCUT2D eigenvalue weighted by Crippen LogP contribution is -2.68. The second-order valence-corrected chi connectivity index (χ2v) is 6.20. The van der Waals surface area contributed by atoms with Gasteiger partial charge in [0, 0.05) is 37.3 Å². The van der Waals surface area contributed by atoms with Gasteiger partial charge < -0.3 is 10.1 Å². The summed E-state index contributed by atoms with van der Waals surface area (Å²) < 4.78 is 5.67. The quantitative estimate of drug-likeness (QED) is 0.709. The first-order valence-electron chi connectivity index (χ1n) is 7.57. The Balaban J connectivity index is 2.60. The second kappa shape index (κ2) is 6.88. The van der Waals surface area contributed by atoms with Crippen LogP contribution in [-0.4, -0.2) is 48.8 Å². The van der Waals surface area contributed by atoms with E-state index in [-0.39, 0.29) is 5.54 Å². The maximum absolute atomic E-state index is 5.67. The van der Waals surface area contributed by atoms with Crippen molar-refractivity contribution >= 4 is 0 Å². The first kappa shape index (κ1) is 15.9. The van der Waals surface area contributed by atoms with Crippen LogP contribution in [0.15, 0.2) is 0 Å². The number of piperazine rings is 1. The molecule has 0 bridgehead atoms. The van der Waals surface area contributed by atoms with E-state index in [0.717, 1.165) is 39.3 Å². The van der Waals surface area contributed by atoms with E-state index in [1.807, 2.05) is 0 Å². The summed E-state index contributed by atoms with van der Waals surface area (Å²) in [5, 5.41) is 3.70. The van der Waals surface area contributed by atoms with Gasteiger partial charge in [-0.1, -0.05) is 20.8 Å². The van der Waals surface area contributed by atoms with E-state index in [2.05, 4.69) is 44.8 Å². The van der Waals surface area contributed by atoms with Crippen molar-refractivity contribution in [2.75, 3.05) is 32.8 Å². The molecule has 1 heterocycles. The van der Waals surface area contributed by atoms with Crippen LogP contribution in [0.4, 0.5) is 0 Å². The summed E-state index contributed by atoms with van der Waals surface area (Å²) in [5.41, 5.74) is 0.545. The van der Waals surface area contributed by atoms with Crippen molar-refractivity contribution in [3.63, 3.8) is 0 Å². The smallest absolute Gasteiger partial charge is 0.0593 e. The molecule has 0 aromatic carbocycles. The zero-order valence-corrected chi connectivity index (χ0v) is 13.0. The Morgan fingerprint density at radius 2 is 1.78 bits per heavy atom. The number of ether oxygens (including phenoxy) is 1. The van der Waals surface area contributed by atoms with Gasteiger partial charge in [0.2, 0.25) is 0 Å². The summed E-state index contributed by atoms with van der Waals surface area (Å²) in [6.07, 6.45) is 3.53. The van der Waals surface area contributed by atoms with Crippen LogP contribution < -0.4 is 5.32 Å². The molecule has 1 saturated heterocycles. The van der Waals surface area contributed by atoms with Gasteiger partial charge in [0.15, 0.2) is 0 Å². The molecule has 1 rings (SSSR count). The van der Waals surface area contributed by atoms with Gasteiger partial charge in [-0.2, -0.15) is 0 Å². The Hall–Kier alpha value is -0.120. The molecule has 0 unspecified atom stereocenters. The highest BCUT2D eigenvalue weighted by molar-refractivity contribution is 5.00. The zero-order valence-electron chi connectivity index (χ0n) is 13.0. The van der Waals surface area contributed by atoms with E-state index in [9.17, 15) is 0 Å². The van der Waals surface area contributed by atoms with E-state index < -0.39 is 0 Å². The van der Waals surface area contributed by atoms with Crippen LogP contribution >= 0.6 is 0 Å². The van der Waals surface area contributed by atoms with Gasteiger partial charge >= 0.3 is 0 Å². The lowest BCUT2D eigenvalue weighted by atomic mass is 9.84. The fourth-order valence-electron chi connectivity index (χ4n) is 2.90. The SMILES string of the molecule is CCCOCCN1CC(C)(C)NCC1(CC)CC. The Morgan fingerprint density at radius 1 is 1.11 bits per heavy atom. The topological polar surface area (TPSA) is 24.5 Å². The Morgan fingerprint density at radius 3 is 2.33 bits per heavy atom. The molecule has 0 atom stereocenters. The number of hydrogen-bond donors (Lipinski definition) is 1. The van der Waals surface area contributed by atoms with Crippen molar-refractivity contribution in [1.82, 2.24) is 10.2 Å². The van der Waals surface area contributed by atoms with E-state index in [0.29, 0.717) is 5.54 Å². The highest BCUT2D eigenvalue weighted by Crippen LogP contribution is 2.29. The third kappa shape index (κ3) is 3.94. The molecule has 0 amide bonds. The molecule has 0 aliphatic carbocycles. The minimum absolute atomic E-state index is 0.221. The Labute approximate surface area is 113 Å². The van der Waals surface area contributed by atoms with Crippen molar-refractivity contribution in [2.45, 2.75) is 65.0 Å². The van der Waals surface area contributed by atoms with Crippen LogP contribution in [0.5, 0.6) is 0 Å². The largest absolute Gasteiger partial charge is 0.380 e. The van der Waals surface area contributed by atoms with Gasteiger partial charge in [-0.15, -0.1) is 0 Å². The predicted molar refractivity (Wildman–Crippen MR) is 78.1 cm³/mol. The molecule has 0 saturated carbocycles. The summed E-state index contributed by atoms with van der Waals surface area (Å²) in [4.78, 5) is 2.65. The zero-order chi connectivity index (χ0) is 13.6. The number of nitrogens with zero attached hydrogens (tertiary/aromatic N) is 1. The lowest BCUT2D eigenvalue weighted by Gasteiger charge is -2.52. The molecule has 0 aromatic heterocycles. The minimum Gasteiger partial charge on any atom is -0.380 e. The van der Waals surface area contributed by atoms with Gasteiger partial charge in [-0.05, 0) is 33.1 Å². The maximum Gasteiger partial charge on any atom is 0.0593 e. The lowest BCUT2D eigenvalue weighted by molar-refractivity contribution is -0.0124. The summed E-state index contributed by atoms with van der Waals surface area (Å²) in [6, 6.07) is 0. The predicted octanol–water partition coefficient (Wildman–Crippen LogP) is 2.66. The average molecular weight is 256 g/mol. The molecule has 108 valence electrons. The highest BCUT2D eigenvalue weighted by Gasteiger charge is 2.41. The molecular formula is C15H32N2O. The van der Waals surface area contributed by atoms with E-state index >= 15 is 0 Å². The summed E-state index contributed by atoms with van der Waals surface area (Å²) >= 11 is 0. The third-order valence-corrected chi connectivity index (χ3v) is 4.32. The Kier molecular flexibility index (Phi) is 6.09. The van der Waals surface area contributed by atoms with E-state index in [1.54, 1.807) is 0 Å². The van der Waals surface area contributed by atoms with Gasteiger partial charge in [-0.3, -0.25) is 4.90 Å². The van der Waals surface area contributed by atoms with Crippen LogP contribution in [0.3, 0.4) is 0 Å². The van der Waals surface area contributed by atoms with E-state index in [1.165, 1.54) is 12.8 Å². The molecule has 18 heavy (non-hydrogen) atoms. The van der Waals surface area contributed by atoms with E-state index in [4.69, 9.17) is 4.74 Å². The summed E-state index contributed by atoms with van der Waals surface area (Å²) in [5.74, 6) is 0. The normalized spacial score (nSPS) is 23.2. The van der Waals surface area contributed by atoms with Gasteiger partial charge in [0.1, 0.15) is 0 Å². The second-order valence-electron chi connectivity index (χ2n) is 6.20. The molecule has 1 aliphatic heterocycles. The molecule has 1 N–H and O–H groups in total. The fourth-order valence-corrected chi connectivity index (χ4v) is 2.90. The molecule has 0 spiro atoms. The number of nitrogens with one attached hydrogen (secondary N) is 1. The Bertz CT molecular complexity index is 237. The highest BCUT2D eigenvalue weighted by atomic mass is 16.5. The van der Waals surface area contributed by atoms with Gasteiger partial charge in [0.05, 0.1) is 6.61 Å². The first-order chi connectivity index (χ1) is 8.49. The first-order valence-corrected chi connectivity index (χ1v) is 7.57. The van der Waals surface area contributed by atoms with Gasteiger partial charge in [-0.25, -0.2) is 0 Å². The molecule has 0 aromatic rings. The summed E-state index contributed by atoms with van der Waals surface area (Å²) in [6.45, 7) is 16.4. The van der Waals surface area contributed by atoms with Crippen LogP contribution in [0, 0.1) is 0 Å². The molecule has 1 fully saturated rings. The fraction of sp³-hybridized carbons (Fsp3) is 1.00. The van der Waals surface area contributed by atoms with Crippen LogP contribution in [-0.2, 0) is 4.74 Å². The molecule has 1 aliphatic rings. The molecule has 0 radical (unpaired) electrons. The van der Waals surface area contributed by atoms with Crippen LogP contribution in [0.2, 0.25) is 0 Å². The molecule has 3 nitrogen and oxygen atoms in total. The minimum atomic E-state index is 0.221. The maximum atomic E-state index is 5.67. The number of hydrogen-bond acceptors (Lipinski definition) is 3. The van der Waals surface area contributed by atoms with Crippen molar-refractivity contribution in [3.8, 4) is 0 Å². The van der Waals surface area contributed by atoms with Gasteiger partial charge in [0.25, 0.3) is 0 Å². The molecule has 3 heteroatoms. The van der Waals surface area contributed by atoms with Crippen molar-refractivity contribution in [3.05, 3.63) is 0 Å². The molecular weight excluding hydrogens is 224 g/mol. The monoisotopic (exact) mass is 256 g/mol. The van der Waals surface area contributed by atoms with Crippen molar-refractivity contribution in [2.24, 2.45) is 0 Å². The van der Waals surface area contributed by atoms with Crippen LogP contribution in [0.25, 0.3) is 0 Å². The average Bonchev–Trinajstić information content (AvgIpc) is 2.35. The number of rotatable bonds is 7. The van der Waals surface area contributed by atoms with Crippen molar-refractivity contribution in [1.29, 1.82) is 0 Å². The standard InChI is InChI=1S/C15H32N2O/c1-6-10-18-11-9-17-13-14(4,5)16-12-15(17,7-2)8-3/h16H,6-13H2,1-5H3. The third-order valence-electron chi connectivity index (χ3n) is 4.32. The summed E-state index contributed by atoms with van der Waals surface area (Å²) in [7, 11) is 0. The van der Waals surface area contributed by atoms with Crippen molar-refractivity contribution < 1.29 is 4.74 Å².